The predicted octanol–water partition coefficient (Wildman–Crippen LogP) is 0.674. The minimum Gasteiger partial charge on any atom is -0.396 e. The second-order valence-electron chi connectivity index (χ2n) is 3.36. The average Bonchev–Trinajstić information content (AvgIpc) is 2.23. The van der Waals surface area contributed by atoms with Gasteiger partial charge in [-0.15, -0.1) is 0 Å². The van der Waals surface area contributed by atoms with Gasteiger partial charge in [0.15, 0.2) is 5.82 Å². The molecule has 0 atom stereocenters. The summed E-state index contributed by atoms with van der Waals surface area (Å²) in [5.74, 6) is -1.04. The first kappa shape index (κ1) is 14.2. The van der Waals surface area contributed by atoms with Crippen molar-refractivity contribution >= 4 is 27.3 Å². The first-order chi connectivity index (χ1) is 7.80. The van der Waals surface area contributed by atoms with Crippen LogP contribution in [0.2, 0.25) is 5.02 Å². The molecule has 0 spiro atoms. The minimum absolute atomic E-state index is 0.0277. The van der Waals surface area contributed by atoms with Gasteiger partial charge in [-0.05, 0) is 12.1 Å². The molecule has 0 saturated heterocycles. The fraction of sp³-hybridized carbons (Fsp3) is 0.333. The van der Waals surface area contributed by atoms with E-state index in [2.05, 4.69) is 0 Å². The number of likely N-dealkylation sites (N-methyl/N-ethyl adjacent to an activating group) is 1. The second kappa shape index (κ2) is 5.18. The third-order valence-corrected chi connectivity index (χ3v) is 4.21. The van der Waals surface area contributed by atoms with Gasteiger partial charge in [0.25, 0.3) is 0 Å². The van der Waals surface area contributed by atoms with E-state index in [0.29, 0.717) is 0 Å². The molecule has 0 bridgehead atoms. The largest absolute Gasteiger partial charge is 0.396 e. The molecule has 1 aromatic rings. The van der Waals surface area contributed by atoms with Crippen LogP contribution in [0.3, 0.4) is 0 Å². The molecule has 0 radical (unpaired) electrons. The normalized spacial score (nSPS) is 12.1. The topological polar surface area (TPSA) is 83.6 Å². The molecule has 0 aliphatic rings. The minimum atomic E-state index is -4.04. The number of halogens is 2. The Morgan fingerprint density at radius 3 is 2.65 bits per heavy atom. The monoisotopic (exact) mass is 282 g/mol. The van der Waals surface area contributed by atoms with E-state index in [1.54, 1.807) is 0 Å². The smallest absolute Gasteiger partial charge is 0.245 e. The lowest BCUT2D eigenvalue weighted by molar-refractivity contribution is 0.266. The number of benzene rings is 1. The van der Waals surface area contributed by atoms with Crippen LogP contribution in [0.4, 0.5) is 10.1 Å². The summed E-state index contributed by atoms with van der Waals surface area (Å²) in [4.78, 5) is -0.599. The Labute approximate surface area is 104 Å². The molecule has 1 rings (SSSR count). The van der Waals surface area contributed by atoms with Gasteiger partial charge in [-0.25, -0.2) is 12.8 Å². The third kappa shape index (κ3) is 2.86. The van der Waals surface area contributed by atoms with Crippen LogP contribution < -0.4 is 5.73 Å². The van der Waals surface area contributed by atoms with E-state index in [4.69, 9.17) is 22.4 Å². The zero-order chi connectivity index (χ0) is 13.2. The van der Waals surface area contributed by atoms with Crippen molar-refractivity contribution in [2.24, 2.45) is 0 Å². The molecule has 96 valence electrons. The molecule has 0 aliphatic heterocycles. The zero-order valence-electron chi connectivity index (χ0n) is 9.02. The van der Waals surface area contributed by atoms with Gasteiger partial charge in [0, 0.05) is 18.6 Å². The van der Waals surface area contributed by atoms with Gasteiger partial charge in [0.05, 0.1) is 12.3 Å². The Morgan fingerprint density at radius 1 is 1.53 bits per heavy atom. The maximum atomic E-state index is 13.6. The number of nitrogens with two attached hydrogens (primary N) is 1. The first-order valence-electron chi connectivity index (χ1n) is 4.62. The van der Waals surface area contributed by atoms with Crippen LogP contribution in [0.25, 0.3) is 0 Å². The fourth-order valence-corrected chi connectivity index (χ4v) is 2.77. The van der Waals surface area contributed by atoms with Crippen molar-refractivity contribution in [3.05, 3.63) is 23.0 Å². The Morgan fingerprint density at radius 2 is 2.12 bits per heavy atom. The van der Waals surface area contributed by atoms with Crippen molar-refractivity contribution in [3.63, 3.8) is 0 Å². The molecule has 0 heterocycles. The lowest BCUT2D eigenvalue weighted by Gasteiger charge is -2.17. The maximum Gasteiger partial charge on any atom is 0.245 e. The molecule has 17 heavy (non-hydrogen) atoms. The predicted molar refractivity (Wildman–Crippen MR) is 62.7 cm³/mol. The molecule has 0 saturated carbocycles. The van der Waals surface area contributed by atoms with Gasteiger partial charge in [-0.2, -0.15) is 4.31 Å². The number of aliphatic hydroxyl groups is 1. The summed E-state index contributed by atoms with van der Waals surface area (Å²) in [6.45, 7) is -0.512. The van der Waals surface area contributed by atoms with Gasteiger partial charge in [-0.3, -0.25) is 0 Å². The van der Waals surface area contributed by atoms with Crippen molar-refractivity contribution in [1.82, 2.24) is 4.31 Å². The van der Waals surface area contributed by atoms with E-state index in [1.807, 2.05) is 0 Å². The molecule has 0 fully saturated rings. The summed E-state index contributed by atoms with van der Waals surface area (Å²) in [5, 5.41) is 8.70. The summed E-state index contributed by atoms with van der Waals surface area (Å²) in [5.41, 5.74) is 4.96. The highest BCUT2D eigenvalue weighted by atomic mass is 35.5. The van der Waals surface area contributed by atoms with E-state index < -0.39 is 20.7 Å². The first-order valence-corrected chi connectivity index (χ1v) is 6.44. The number of aliphatic hydroxyl groups excluding tert-OH is 1. The van der Waals surface area contributed by atoms with Crippen molar-refractivity contribution in [2.45, 2.75) is 4.90 Å². The molecule has 8 heteroatoms. The Hall–Kier alpha value is -0.890. The average molecular weight is 283 g/mol. The van der Waals surface area contributed by atoms with Crippen molar-refractivity contribution in [2.75, 3.05) is 25.9 Å². The van der Waals surface area contributed by atoms with E-state index in [9.17, 15) is 12.8 Å². The molecule has 0 unspecified atom stereocenters. The van der Waals surface area contributed by atoms with Crippen molar-refractivity contribution in [3.8, 4) is 0 Å². The van der Waals surface area contributed by atoms with Gasteiger partial charge >= 0.3 is 0 Å². The van der Waals surface area contributed by atoms with E-state index in [-0.39, 0.29) is 23.9 Å². The summed E-state index contributed by atoms with van der Waals surface area (Å²) >= 11 is 5.63. The Bertz CT molecular complexity index is 521. The fourth-order valence-electron chi connectivity index (χ4n) is 1.20. The third-order valence-electron chi connectivity index (χ3n) is 2.14. The van der Waals surface area contributed by atoms with E-state index >= 15 is 0 Å². The van der Waals surface area contributed by atoms with E-state index in [1.165, 1.54) is 7.05 Å². The molecule has 0 amide bonds. The quantitative estimate of drug-likeness (QED) is 0.795. The lowest BCUT2D eigenvalue weighted by atomic mass is 10.3. The molecular weight excluding hydrogens is 271 g/mol. The van der Waals surface area contributed by atoms with Crippen LogP contribution in [0, 0.1) is 5.82 Å². The molecule has 1 aromatic carbocycles. The van der Waals surface area contributed by atoms with Crippen molar-refractivity contribution < 1.29 is 17.9 Å². The highest BCUT2D eigenvalue weighted by molar-refractivity contribution is 7.89. The zero-order valence-corrected chi connectivity index (χ0v) is 10.6. The van der Waals surface area contributed by atoms with Crippen molar-refractivity contribution in [1.29, 1.82) is 0 Å². The molecule has 5 nitrogen and oxygen atoms in total. The summed E-state index contributed by atoms with van der Waals surface area (Å²) in [6, 6.07) is 2.11. The number of rotatable bonds is 4. The van der Waals surface area contributed by atoms with Crippen LogP contribution in [-0.2, 0) is 10.0 Å². The van der Waals surface area contributed by atoms with Crippen LogP contribution in [0.5, 0.6) is 0 Å². The summed E-state index contributed by atoms with van der Waals surface area (Å²) < 4.78 is 38.3. The Kier molecular flexibility index (Phi) is 4.31. The number of anilines is 1. The number of hydrogen-bond donors (Lipinski definition) is 2. The standard InChI is InChI=1S/C9H12ClFN2O3S/c1-13(2-3-14)17(15,16)8-5-6(10)4-7(12)9(8)11/h4-5,14H,2-3,12H2,1H3. The van der Waals surface area contributed by atoms with E-state index in [0.717, 1.165) is 16.4 Å². The number of sulfonamides is 1. The van der Waals surface area contributed by atoms with Gasteiger partial charge in [-0.1, -0.05) is 11.6 Å². The van der Waals surface area contributed by atoms with Crippen LogP contribution >= 0.6 is 11.6 Å². The van der Waals surface area contributed by atoms with Crippen LogP contribution in [0.15, 0.2) is 17.0 Å². The molecule has 0 aliphatic carbocycles. The van der Waals surface area contributed by atoms with Crippen LogP contribution in [-0.4, -0.2) is 38.0 Å². The Balaban J connectivity index is 3.33. The number of nitrogen functional groups attached to an aromatic ring is 1. The summed E-state index contributed by atoms with van der Waals surface area (Å²) in [7, 11) is -2.82. The highest BCUT2D eigenvalue weighted by Gasteiger charge is 2.25. The maximum absolute atomic E-state index is 13.6. The van der Waals surface area contributed by atoms with Gasteiger partial charge in [0.2, 0.25) is 10.0 Å². The highest BCUT2D eigenvalue weighted by Crippen LogP contribution is 2.26. The van der Waals surface area contributed by atoms with Crippen LogP contribution in [0.1, 0.15) is 0 Å². The number of nitrogens with zero attached hydrogens (tertiary/aromatic N) is 1. The number of hydrogen-bond acceptors (Lipinski definition) is 4. The lowest BCUT2D eigenvalue weighted by Crippen LogP contribution is -2.30. The molecule has 0 aromatic heterocycles. The molecular formula is C9H12ClFN2O3S. The summed E-state index contributed by atoms with van der Waals surface area (Å²) in [6.07, 6.45) is 0. The molecule has 3 N–H and O–H groups in total. The second-order valence-corrected chi connectivity index (χ2v) is 5.81. The van der Waals surface area contributed by atoms with Gasteiger partial charge < -0.3 is 10.8 Å². The van der Waals surface area contributed by atoms with Gasteiger partial charge in [0.1, 0.15) is 4.90 Å². The SMILES string of the molecule is CN(CCO)S(=O)(=O)c1cc(Cl)cc(N)c1F.